The minimum atomic E-state index is -0.749. The van der Waals surface area contributed by atoms with Gasteiger partial charge in [0, 0.05) is 24.7 Å². The lowest BCUT2D eigenvalue weighted by molar-refractivity contribution is -0.385. The number of carbonyl (C=O) groups is 3. The standard InChI is InChI=1S/C19H17N3O5/c1-11-6-7-13(10-12(11)2)20-16(23)8-9-21-18(24)14-4-3-5-15(22(26)27)17(14)19(21)25/h3-7,10H,8-9H2,1-2H3,(H,20,23). The van der Waals surface area contributed by atoms with Crippen LogP contribution < -0.4 is 5.32 Å². The van der Waals surface area contributed by atoms with E-state index in [1.54, 1.807) is 6.07 Å². The molecule has 0 atom stereocenters. The summed E-state index contributed by atoms with van der Waals surface area (Å²) in [6.45, 7) is 3.74. The molecule has 8 nitrogen and oxygen atoms in total. The summed E-state index contributed by atoms with van der Waals surface area (Å²) in [5.41, 5.74) is 2.11. The zero-order chi connectivity index (χ0) is 19.7. The fraction of sp³-hybridized carbons (Fsp3) is 0.211. The second kappa shape index (κ2) is 6.99. The summed E-state index contributed by atoms with van der Waals surface area (Å²) in [7, 11) is 0. The minimum Gasteiger partial charge on any atom is -0.326 e. The van der Waals surface area contributed by atoms with Gasteiger partial charge in [-0.15, -0.1) is 0 Å². The highest BCUT2D eigenvalue weighted by atomic mass is 16.6. The highest BCUT2D eigenvalue weighted by Gasteiger charge is 2.40. The number of hydrogen-bond acceptors (Lipinski definition) is 5. The van der Waals surface area contributed by atoms with Crippen molar-refractivity contribution in [3.8, 4) is 0 Å². The molecule has 0 unspecified atom stereocenters. The van der Waals surface area contributed by atoms with Gasteiger partial charge in [0.1, 0.15) is 5.56 Å². The molecule has 0 spiro atoms. The van der Waals surface area contributed by atoms with E-state index in [-0.39, 0.29) is 30.0 Å². The van der Waals surface area contributed by atoms with Gasteiger partial charge in [0.05, 0.1) is 10.5 Å². The molecule has 3 amide bonds. The van der Waals surface area contributed by atoms with Crippen LogP contribution in [0.15, 0.2) is 36.4 Å². The highest BCUT2D eigenvalue weighted by molar-refractivity contribution is 6.23. The van der Waals surface area contributed by atoms with Crippen LogP contribution >= 0.6 is 0 Å². The molecule has 0 aromatic heterocycles. The smallest absolute Gasteiger partial charge is 0.282 e. The number of carbonyl (C=O) groups excluding carboxylic acids is 3. The summed E-state index contributed by atoms with van der Waals surface area (Å²) in [5, 5.41) is 13.8. The number of nitrogens with zero attached hydrogens (tertiary/aromatic N) is 2. The van der Waals surface area contributed by atoms with Crippen molar-refractivity contribution in [2.45, 2.75) is 20.3 Å². The van der Waals surface area contributed by atoms with E-state index in [0.717, 1.165) is 16.0 Å². The molecule has 0 bridgehead atoms. The molecule has 27 heavy (non-hydrogen) atoms. The Balaban J connectivity index is 1.70. The van der Waals surface area contributed by atoms with Crippen LogP contribution in [0, 0.1) is 24.0 Å². The Labute approximate surface area is 154 Å². The number of nitrogens with one attached hydrogen (secondary N) is 1. The lowest BCUT2D eigenvalue weighted by Crippen LogP contribution is -2.33. The number of imide groups is 1. The van der Waals surface area contributed by atoms with Crippen LogP contribution in [-0.2, 0) is 4.79 Å². The van der Waals surface area contributed by atoms with Gasteiger partial charge in [-0.3, -0.25) is 29.4 Å². The van der Waals surface area contributed by atoms with Crippen LogP contribution in [0.3, 0.4) is 0 Å². The van der Waals surface area contributed by atoms with Crippen molar-refractivity contribution in [1.82, 2.24) is 4.90 Å². The fourth-order valence-corrected chi connectivity index (χ4v) is 2.93. The number of amides is 3. The number of rotatable bonds is 5. The van der Waals surface area contributed by atoms with E-state index in [2.05, 4.69) is 5.32 Å². The van der Waals surface area contributed by atoms with E-state index >= 15 is 0 Å². The van der Waals surface area contributed by atoms with E-state index < -0.39 is 22.4 Å². The number of aryl methyl sites for hydroxylation is 2. The average Bonchev–Trinajstić information content (AvgIpc) is 2.87. The lowest BCUT2D eigenvalue weighted by atomic mass is 10.1. The van der Waals surface area contributed by atoms with Crippen LogP contribution in [0.25, 0.3) is 0 Å². The van der Waals surface area contributed by atoms with Gasteiger partial charge < -0.3 is 5.32 Å². The zero-order valence-electron chi connectivity index (χ0n) is 14.8. The first-order chi connectivity index (χ1) is 12.8. The van der Waals surface area contributed by atoms with Crippen molar-refractivity contribution in [1.29, 1.82) is 0 Å². The summed E-state index contributed by atoms with van der Waals surface area (Å²) in [6.07, 6.45) is -0.105. The molecular formula is C19H17N3O5. The van der Waals surface area contributed by atoms with Gasteiger partial charge in [-0.05, 0) is 43.2 Å². The van der Waals surface area contributed by atoms with Crippen molar-refractivity contribution in [2.24, 2.45) is 0 Å². The predicted octanol–water partition coefficient (Wildman–Crippen LogP) is 2.84. The quantitative estimate of drug-likeness (QED) is 0.496. The van der Waals surface area contributed by atoms with E-state index in [4.69, 9.17) is 0 Å². The Bertz CT molecular complexity index is 983. The van der Waals surface area contributed by atoms with Gasteiger partial charge in [-0.2, -0.15) is 0 Å². The van der Waals surface area contributed by atoms with Crippen molar-refractivity contribution in [2.75, 3.05) is 11.9 Å². The topological polar surface area (TPSA) is 110 Å². The Hall–Kier alpha value is -3.55. The number of anilines is 1. The third-order valence-corrected chi connectivity index (χ3v) is 4.53. The summed E-state index contributed by atoms with van der Waals surface area (Å²) in [5.74, 6) is -1.73. The number of hydrogen-bond donors (Lipinski definition) is 1. The van der Waals surface area contributed by atoms with Gasteiger partial charge in [0.25, 0.3) is 17.5 Å². The minimum absolute atomic E-state index is 0.0104. The van der Waals surface area contributed by atoms with E-state index in [1.165, 1.54) is 18.2 Å². The van der Waals surface area contributed by atoms with Gasteiger partial charge in [-0.1, -0.05) is 12.1 Å². The predicted molar refractivity (Wildman–Crippen MR) is 97.6 cm³/mol. The maximum absolute atomic E-state index is 12.5. The summed E-state index contributed by atoms with van der Waals surface area (Å²) >= 11 is 0. The number of nitro groups is 1. The molecule has 0 saturated heterocycles. The molecule has 0 aliphatic carbocycles. The monoisotopic (exact) mass is 367 g/mol. The Morgan fingerprint density at radius 2 is 1.85 bits per heavy atom. The van der Waals surface area contributed by atoms with E-state index in [9.17, 15) is 24.5 Å². The SMILES string of the molecule is Cc1ccc(NC(=O)CCN2C(=O)c3cccc([N+](=O)[O-])c3C2=O)cc1C. The first-order valence-corrected chi connectivity index (χ1v) is 8.30. The van der Waals surface area contributed by atoms with Gasteiger partial charge in [-0.25, -0.2) is 0 Å². The van der Waals surface area contributed by atoms with Crippen LogP contribution in [0.2, 0.25) is 0 Å². The molecule has 2 aromatic rings. The largest absolute Gasteiger partial charge is 0.326 e. The lowest BCUT2D eigenvalue weighted by Gasteiger charge is -2.13. The third kappa shape index (κ3) is 3.41. The fourth-order valence-electron chi connectivity index (χ4n) is 2.93. The normalized spacial score (nSPS) is 12.9. The molecule has 1 aliphatic rings. The molecular weight excluding hydrogens is 350 g/mol. The Morgan fingerprint density at radius 1 is 1.11 bits per heavy atom. The first kappa shape index (κ1) is 18.2. The molecule has 138 valence electrons. The van der Waals surface area contributed by atoms with Crippen LogP contribution in [0.5, 0.6) is 0 Å². The maximum Gasteiger partial charge on any atom is 0.282 e. The van der Waals surface area contributed by atoms with Crippen LogP contribution in [0.1, 0.15) is 38.3 Å². The summed E-state index contributed by atoms with van der Waals surface area (Å²) < 4.78 is 0. The van der Waals surface area contributed by atoms with Crippen molar-refractivity contribution >= 4 is 29.1 Å². The summed E-state index contributed by atoms with van der Waals surface area (Å²) in [4.78, 5) is 48.3. The molecule has 1 heterocycles. The second-order valence-corrected chi connectivity index (χ2v) is 6.32. The first-order valence-electron chi connectivity index (χ1n) is 8.30. The number of benzene rings is 2. The van der Waals surface area contributed by atoms with Crippen molar-refractivity contribution < 1.29 is 19.3 Å². The molecule has 3 rings (SSSR count). The number of fused-ring (bicyclic) bond motifs is 1. The zero-order valence-corrected chi connectivity index (χ0v) is 14.8. The molecule has 0 fully saturated rings. The summed E-state index contributed by atoms with van der Waals surface area (Å²) in [6, 6.07) is 9.40. The van der Waals surface area contributed by atoms with Gasteiger partial charge in [0.15, 0.2) is 0 Å². The molecule has 0 radical (unpaired) electrons. The Morgan fingerprint density at radius 3 is 2.52 bits per heavy atom. The molecule has 8 heteroatoms. The van der Waals surface area contributed by atoms with Gasteiger partial charge in [0.2, 0.25) is 5.91 Å². The van der Waals surface area contributed by atoms with Crippen LogP contribution in [0.4, 0.5) is 11.4 Å². The molecule has 1 N–H and O–H groups in total. The van der Waals surface area contributed by atoms with E-state index in [0.29, 0.717) is 5.69 Å². The van der Waals surface area contributed by atoms with Crippen molar-refractivity contribution in [3.05, 3.63) is 68.8 Å². The third-order valence-electron chi connectivity index (χ3n) is 4.53. The Kier molecular flexibility index (Phi) is 4.72. The number of nitro benzene ring substituents is 1. The maximum atomic E-state index is 12.5. The van der Waals surface area contributed by atoms with E-state index in [1.807, 2.05) is 26.0 Å². The molecule has 1 aliphatic heterocycles. The highest BCUT2D eigenvalue weighted by Crippen LogP contribution is 2.30. The van der Waals surface area contributed by atoms with Crippen molar-refractivity contribution in [3.63, 3.8) is 0 Å². The van der Waals surface area contributed by atoms with Crippen LogP contribution in [-0.4, -0.2) is 34.1 Å². The van der Waals surface area contributed by atoms with Gasteiger partial charge >= 0.3 is 0 Å². The molecule has 2 aromatic carbocycles. The average molecular weight is 367 g/mol. The molecule has 0 saturated carbocycles. The second-order valence-electron chi connectivity index (χ2n) is 6.32.